The van der Waals surface area contributed by atoms with E-state index in [1.807, 2.05) is 38.2 Å². The molecule has 0 radical (unpaired) electrons. The van der Waals surface area contributed by atoms with Crippen LogP contribution < -0.4 is 5.32 Å². The van der Waals surface area contributed by atoms with Crippen LogP contribution in [0.5, 0.6) is 0 Å². The van der Waals surface area contributed by atoms with Gasteiger partial charge in [0.2, 0.25) is 10.0 Å². The Morgan fingerprint density at radius 2 is 1.71 bits per heavy atom. The van der Waals surface area contributed by atoms with E-state index in [-0.39, 0.29) is 16.6 Å². The molecule has 1 aliphatic carbocycles. The zero-order chi connectivity index (χ0) is 22.2. The van der Waals surface area contributed by atoms with Crippen molar-refractivity contribution in [3.05, 3.63) is 63.7 Å². The Hall–Kier alpha value is -2.49. The zero-order valence-electron chi connectivity index (χ0n) is 17.8. The minimum atomic E-state index is -3.77. The lowest BCUT2D eigenvalue weighted by Crippen LogP contribution is -2.47. The molecule has 2 fully saturated rings. The summed E-state index contributed by atoms with van der Waals surface area (Å²) in [5.41, 5.74) is 2.37. The van der Waals surface area contributed by atoms with Gasteiger partial charge in [-0.3, -0.25) is 10.1 Å². The minimum Gasteiger partial charge on any atom is -0.372 e. The van der Waals surface area contributed by atoms with Crippen molar-refractivity contribution in [2.75, 3.05) is 38.5 Å². The summed E-state index contributed by atoms with van der Waals surface area (Å²) < 4.78 is 27.5. The highest BCUT2D eigenvalue weighted by Gasteiger charge is 2.34. The van der Waals surface area contributed by atoms with Crippen molar-refractivity contribution in [3.8, 4) is 0 Å². The average molecular weight is 445 g/mol. The minimum absolute atomic E-state index is 0.0346. The third-order valence-corrected chi connectivity index (χ3v) is 8.00. The number of hydrogen-bond donors (Lipinski definition) is 1. The number of hydrogen-bond acceptors (Lipinski definition) is 6. The fourth-order valence-corrected chi connectivity index (χ4v) is 5.41. The molecular formula is C22H28N4O4S. The smallest absolute Gasteiger partial charge is 0.293 e. The molecule has 1 atom stereocenters. The van der Waals surface area contributed by atoms with Gasteiger partial charge in [-0.25, -0.2) is 8.42 Å². The topological polar surface area (TPSA) is 95.8 Å². The average Bonchev–Trinajstić information content (AvgIpc) is 3.58. The fourth-order valence-electron chi connectivity index (χ4n) is 3.97. The van der Waals surface area contributed by atoms with E-state index in [4.69, 9.17) is 0 Å². The van der Waals surface area contributed by atoms with Gasteiger partial charge in [-0.05, 0) is 50.4 Å². The molecule has 1 aliphatic heterocycles. The molecular weight excluding hydrogens is 416 g/mol. The Kier molecular flexibility index (Phi) is 6.00. The maximum Gasteiger partial charge on any atom is 0.293 e. The van der Waals surface area contributed by atoms with Gasteiger partial charge in [-0.2, -0.15) is 4.31 Å². The molecule has 2 aromatic carbocycles. The lowest BCUT2D eigenvalue weighted by Gasteiger charge is -2.31. The van der Waals surface area contributed by atoms with E-state index in [0.29, 0.717) is 37.8 Å². The lowest BCUT2D eigenvalue weighted by atomic mass is 10.0. The monoisotopic (exact) mass is 444 g/mol. The SMILES string of the molecule is Cc1ccc([C@H](Nc2ccc(S(=O)(=O)N3CCN(C)CC3)cc2[N+](=O)[O-])C2CC2)cc1. The predicted molar refractivity (Wildman–Crippen MR) is 120 cm³/mol. The summed E-state index contributed by atoms with van der Waals surface area (Å²) in [6.45, 7) is 4.06. The van der Waals surface area contributed by atoms with Gasteiger partial charge in [-0.1, -0.05) is 29.8 Å². The number of nitrogens with one attached hydrogen (secondary N) is 1. The van der Waals surface area contributed by atoms with Gasteiger partial charge >= 0.3 is 0 Å². The molecule has 1 saturated carbocycles. The second kappa shape index (κ2) is 8.57. The third-order valence-electron chi connectivity index (χ3n) is 6.11. The Morgan fingerprint density at radius 3 is 2.29 bits per heavy atom. The van der Waals surface area contributed by atoms with Crippen molar-refractivity contribution in [1.29, 1.82) is 0 Å². The van der Waals surface area contributed by atoms with Gasteiger partial charge in [0.05, 0.1) is 15.9 Å². The van der Waals surface area contributed by atoms with E-state index < -0.39 is 14.9 Å². The number of nitro benzene ring substituents is 1. The van der Waals surface area contributed by atoms with Gasteiger partial charge in [0.15, 0.2) is 0 Å². The molecule has 1 saturated heterocycles. The number of benzene rings is 2. The van der Waals surface area contributed by atoms with E-state index in [1.54, 1.807) is 0 Å². The maximum absolute atomic E-state index is 13.0. The number of aryl methyl sites for hydroxylation is 1. The summed E-state index contributed by atoms with van der Waals surface area (Å²) in [7, 11) is -1.83. The first-order chi connectivity index (χ1) is 14.8. The van der Waals surface area contributed by atoms with Gasteiger partial charge in [0.25, 0.3) is 5.69 Å². The van der Waals surface area contributed by atoms with Crippen molar-refractivity contribution in [2.45, 2.75) is 30.7 Å². The number of piperazine rings is 1. The number of nitrogens with zero attached hydrogens (tertiary/aromatic N) is 3. The van der Waals surface area contributed by atoms with Crippen LogP contribution in [0.15, 0.2) is 47.4 Å². The van der Waals surface area contributed by atoms with Crippen molar-refractivity contribution >= 4 is 21.4 Å². The highest BCUT2D eigenvalue weighted by molar-refractivity contribution is 7.89. The number of rotatable bonds is 7. The van der Waals surface area contributed by atoms with Crippen LogP contribution in [0, 0.1) is 23.0 Å². The van der Waals surface area contributed by atoms with Crippen LogP contribution in [0.1, 0.15) is 30.0 Å². The highest BCUT2D eigenvalue weighted by Crippen LogP contribution is 2.44. The largest absolute Gasteiger partial charge is 0.372 e. The molecule has 9 heteroatoms. The standard InChI is InChI=1S/C22H28N4O4S/c1-16-3-5-17(6-4-16)22(18-7-8-18)23-20-10-9-19(15-21(20)26(27)28)31(29,30)25-13-11-24(2)12-14-25/h3-6,9-10,15,18,22-23H,7-8,11-14H2,1-2H3/t22-/m0/s1. The summed E-state index contributed by atoms with van der Waals surface area (Å²) in [6, 6.07) is 12.3. The number of nitro groups is 1. The number of anilines is 1. The first-order valence-corrected chi connectivity index (χ1v) is 12.0. The van der Waals surface area contributed by atoms with Gasteiger partial charge in [0, 0.05) is 32.2 Å². The summed E-state index contributed by atoms with van der Waals surface area (Å²) in [4.78, 5) is 13.3. The zero-order valence-corrected chi connectivity index (χ0v) is 18.6. The number of sulfonamides is 1. The lowest BCUT2D eigenvalue weighted by molar-refractivity contribution is -0.384. The Bertz CT molecular complexity index is 1060. The summed E-state index contributed by atoms with van der Waals surface area (Å²) >= 11 is 0. The Balaban J connectivity index is 1.63. The first kappa shape index (κ1) is 21.7. The molecule has 0 amide bonds. The van der Waals surface area contributed by atoms with Crippen molar-refractivity contribution in [1.82, 2.24) is 9.21 Å². The van der Waals surface area contributed by atoms with Crippen molar-refractivity contribution < 1.29 is 13.3 Å². The molecule has 0 bridgehead atoms. The van der Waals surface area contributed by atoms with E-state index in [1.165, 1.54) is 22.5 Å². The molecule has 1 N–H and O–H groups in total. The number of likely N-dealkylation sites (N-methyl/N-ethyl adjacent to an activating group) is 1. The molecule has 2 aliphatic rings. The van der Waals surface area contributed by atoms with E-state index in [2.05, 4.69) is 10.2 Å². The second-order valence-corrected chi connectivity index (χ2v) is 10.5. The van der Waals surface area contributed by atoms with Gasteiger partial charge in [-0.15, -0.1) is 0 Å². The quantitative estimate of drug-likeness (QED) is 0.519. The van der Waals surface area contributed by atoms with E-state index in [0.717, 1.165) is 24.0 Å². The Labute approximate surface area is 183 Å². The van der Waals surface area contributed by atoms with E-state index >= 15 is 0 Å². The van der Waals surface area contributed by atoms with Crippen LogP contribution in [-0.4, -0.2) is 55.8 Å². The fraction of sp³-hybridized carbons (Fsp3) is 0.455. The van der Waals surface area contributed by atoms with Gasteiger partial charge in [0.1, 0.15) is 5.69 Å². The highest BCUT2D eigenvalue weighted by atomic mass is 32.2. The summed E-state index contributed by atoms with van der Waals surface area (Å²) in [5.74, 6) is 0.413. The van der Waals surface area contributed by atoms with Crippen LogP contribution in [0.3, 0.4) is 0 Å². The van der Waals surface area contributed by atoms with Crippen molar-refractivity contribution in [3.63, 3.8) is 0 Å². The molecule has 4 rings (SSSR count). The van der Waals surface area contributed by atoms with Crippen LogP contribution in [0.2, 0.25) is 0 Å². The third kappa shape index (κ3) is 4.73. The second-order valence-electron chi connectivity index (χ2n) is 8.51. The first-order valence-electron chi connectivity index (χ1n) is 10.6. The van der Waals surface area contributed by atoms with Crippen LogP contribution in [0.25, 0.3) is 0 Å². The molecule has 2 aromatic rings. The maximum atomic E-state index is 13.0. The predicted octanol–water partition coefficient (Wildman–Crippen LogP) is 3.40. The summed E-state index contributed by atoms with van der Waals surface area (Å²) in [6.07, 6.45) is 2.13. The van der Waals surface area contributed by atoms with Crippen molar-refractivity contribution in [2.24, 2.45) is 5.92 Å². The molecule has 166 valence electrons. The molecule has 1 heterocycles. The molecule has 0 unspecified atom stereocenters. The normalized spacial score (nSPS) is 19.2. The van der Waals surface area contributed by atoms with Crippen LogP contribution in [-0.2, 0) is 10.0 Å². The summed E-state index contributed by atoms with van der Waals surface area (Å²) in [5, 5.41) is 15.2. The van der Waals surface area contributed by atoms with Crippen LogP contribution in [0.4, 0.5) is 11.4 Å². The molecule has 8 nitrogen and oxygen atoms in total. The van der Waals surface area contributed by atoms with E-state index in [9.17, 15) is 18.5 Å². The van der Waals surface area contributed by atoms with Gasteiger partial charge < -0.3 is 10.2 Å². The Morgan fingerprint density at radius 1 is 1.06 bits per heavy atom. The molecule has 31 heavy (non-hydrogen) atoms. The molecule has 0 spiro atoms. The molecule has 0 aromatic heterocycles. The van der Waals surface area contributed by atoms with Crippen LogP contribution >= 0.6 is 0 Å².